The van der Waals surface area contributed by atoms with Crippen LogP contribution in [0.5, 0.6) is 5.75 Å². The molecule has 4 heterocycles. The first-order valence-electron chi connectivity index (χ1n) is 28.4. The Bertz CT molecular complexity index is 3350. The van der Waals surface area contributed by atoms with Gasteiger partial charge in [-0.25, -0.2) is 23.8 Å². The quantitative estimate of drug-likeness (QED) is 0.0341. The van der Waals surface area contributed by atoms with Gasteiger partial charge in [-0.2, -0.15) is 0 Å². The number of aromatic carboxylic acids is 1. The third-order valence-electron chi connectivity index (χ3n) is 14.7. The number of halogens is 2. The lowest BCUT2D eigenvalue weighted by atomic mass is 9.95. The molecule has 22 heteroatoms. The van der Waals surface area contributed by atoms with Crippen molar-refractivity contribution in [2.24, 2.45) is 5.92 Å². The summed E-state index contributed by atoms with van der Waals surface area (Å²) < 4.78 is 32.6. The number of methoxy groups -OCH3 is 1. The van der Waals surface area contributed by atoms with Crippen LogP contribution in [0, 0.1) is 11.7 Å². The topological polar surface area (TPSA) is 227 Å². The van der Waals surface area contributed by atoms with Crippen LogP contribution >= 0.6 is 34.3 Å². The van der Waals surface area contributed by atoms with Gasteiger partial charge in [0.15, 0.2) is 0 Å². The normalized spacial score (nSPS) is 14.0. The Morgan fingerprint density at radius 3 is 2.13 bits per heavy atom. The molecule has 7 aromatic rings. The molecule has 18 nitrogen and oxygen atoms in total. The lowest BCUT2D eigenvalue weighted by Crippen LogP contribution is -2.54. The highest BCUT2D eigenvalue weighted by atomic mass is 35.5. The van der Waals surface area contributed by atoms with E-state index in [4.69, 9.17) is 25.8 Å². The number of urea groups is 1. The number of aliphatic hydroxyl groups is 1. The molecule has 85 heavy (non-hydrogen) atoms. The first-order chi connectivity index (χ1) is 40.9. The van der Waals surface area contributed by atoms with Gasteiger partial charge in [0.2, 0.25) is 11.3 Å². The van der Waals surface area contributed by atoms with Gasteiger partial charge in [0.05, 0.1) is 71.1 Å². The molecule has 0 radical (unpaired) electrons. The second-order valence-corrected chi connectivity index (χ2v) is 23.9. The average molecular weight is 1220 g/mol. The molecular weight excluding hydrogens is 1150 g/mol. The highest BCUT2D eigenvalue weighted by molar-refractivity contribution is 7.09. The first kappa shape index (κ1) is 65.3. The standard InChI is InChI=1S/C40H53N7O5S2.C23H23ClFNO5/c1-29(2)38-43-34(27-53-38)25-46(3)39(49)45-36(16-17-47-18-20-51-21-19-47)37(48)42-32(22-30-10-6-4-7-11-30)14-15-33(23-31-12-8-5-9-13-31)44-40(50)52-26-35-24-41-28-54-35;1-12(2)19(11-27)26-10-16(23(29)30)22(28)15-8-14(20(31-3)9-18(15)26)7-13-5-4-6-17(24)21(13)25/h4-13,24,27-29,32-33,36H,14-23,25-26H2,1-3H3,(H,42,48)(H,44,50)(H,45,49);4-6,8-10,12,19,27H,7,11H2,1-3H3,(H,29,30)/t32-,33-,36+;19-/m11/s1. The van der Waals surface area contributed by atoms with Crippen molar-refractivity contribution >= 4 is 69.2 Å². The Kier molecular flexibility index (Phi) is 24.8. The molecule has 4 aromatic carbocycles. The van der Waals surface area contributed by atoms with Crippen molar-refractivity contribution in [2.45, 2.75) is 109 Å². The minimum atomic E-state index is -1.36. The summed E-state index contributed by atoms with van der Waals surface area (Å²) in [6.45, 7) is 11.7. The lowest BCUT2D eigenvalue weighted by Gasteiger charge is -2.30. The maximum Gasteiger partial charge on any atom is 0.407 e. The maximum atomic E-state index is 14.4. The molecule has 3 aromatic heterocycles. The number of fused-ring (bicyclic) bond motifs is 1. The number of hydrogen-bond donors (Lipinski definition) is 5. The molecule has 454 valence electrons. The fraction of sp³-hybridized carbons (Fsp3) is 0.413. The van der Waals surface area contributed by atoms with Crippen molar-refractivity contribution in [2.75, 3.05) is 53.6 Å². The van der Waals surface area contributed by atoms with E-state index < -0.39 is 41.0 Å². The monoisotopic (exact) mass is 1220 g/mol. The molecule has 5 N–H and O–H groups in total. The van der Waals surface area contributed by atoms with E-state index in [1.807, 2.05) is 79.9 Å². The molecule has 1 aliphatic rings. The number of carbonyl (C=O) groups excluding carboxylic acids is 3. The van der Waals surface area contributed by atoms with E-state index in [-0.39, 0.29) is 60.0 Å². The molecule has 4 atom stereocenters. The Labute approximate surface area is 508 Å². The van der Waals surface area contributed by atoms with Gasteiger partial charge in [-0.1, -0.05) is 112 Å². The fourth-order valence-electron chi connectivity index (χ4n) is 9.94. The van der Waals surface area contributed by atoms with Crippen molar-refractivity contribution in [1.29, 1.82) is 0 Å². The number of pyridine rings is 1. The summed E-state index contributed by atoms with van der Waals surface area (Å²) in [7, 11) is 3.18. The SMILES string of the molecule is CC(C)c1nc(CN(C)C(=O)N[C@@H](CCN2CCOCC2)C(=O)N[C@H](CC[C@H](Cc2ccccc2)NC(=O)OCc2cncs2)Cc2ccccc2)cs1.COc1cc2c(cc1Cc1cccc(Cl)c1F)c(=O)c(C(=O)O)cn2[C@H](CO)C(C)C. The predicted octanol–water partition coefficient (Wildman–Crippen LogP) is 10.3. The number of carboxylic acid groups (broad SMARTS) is 1. The highest BCUT2D eigenvalue weighted by Gasteiger charge is 2.28. The smallest absolute Gasteiger partial charge is 0.407 e. The number of thiazole rings is 2. The second kappa shape index (κ2) is 32.3. The molecule has 0 aliphatic carbocycles. The van der Waals surface area contributed by atoms with Crippen molar-refractivity contribution in [3.05, 3.63) is 179 Å². The van der Waals surface area contributed by atoms with Crippen LogP contribution in [0.4, 0.5) is 14.0 Å². The summed E-state index contributed by atoms with van der Waals surface area (Å²) in [4.78, 5) is 78.9. The number of nitrogens with zero attached hydrogens (tertiary/aromatic N) is 5. The zero-order valence-electron chi connectivity index (χ0n) is 48.8. The minimum absolute atomic E-state index is 0.0181. The Morgan fingerprint density at radius 1 is 0.871 bits per heavy atom. The van der Waals surface area contributed by atoms with Gasteiger partial charge in [0.25, 0.3) is 0 Å². The van der Waals surface area contributed by atoms with Crippen molar-refractivity contribution in [3.8, 4) is 5.75 Å². The first-order valence-corrected chi connectivity index (χ1v) is 30.5. The number of alkyl carbamates (subject to hydrolysis) is 1. The van der Waals surface area contributed by atoms with Crippen molar-refractivity contribution < 1.29 is 48.0 Å². The fourth-order valence-corrected chi connectivity index (χ4v) is 11.5. The number of carboxylic acids is 1. The third-order valence-corrected chi connectivity index (χ3v) is 16.9. The summed E-state index contributed by atoms with van der Waals surface area (Å²) in [6.07, 6.45) is 5.34. The number of ether oxygens (including phenoxy) is 3. The number of aromatic nitrogens is 3. The van der Waals surface area contributed by atoms with Gasteiger partial charge in [-0.15, -0.1) is 22.7 Å². The zero-order valence-corrected chi connectivity index (χ0v) is 51.2. The van der Waals surface area contributed by atoms with Crippen LogP contribution in [0.2, 0.25) is 5.02 Å². The van der Waals surface area contributed by atoms with E-state index in [2.05, 4.69) is 44.7 Å². The summed E-state index contributed by atoms with van der Waals surface area (Å²) in [5.74, 6) is -1.49. The van der Waals surface area contributed by atoms with Crippen LogP contribution < -0.4 is 26.1 Å². The molecule has 0 bridgehead atoms. The second-order valence-electron chi connectivity index (χ2n) is 21.6. The van der Waals surface area contributed by atoms with Gasteiger partial charge in [-0.05, 0) is 72.4 Å². The number of hydrogen-bond acceptors (Lipinski definition) is 14. The van der Waals surface area contributed by atoms with E-state index in [0.717, 1.165) is 39.8 Å². The molecular formula is C63H76ClFN8O10S2. The van der Waals surface area contributed by atoms with Crippen LogP contribution in [0.3, 0.4) is 0 Å². The highest BCUT2D eigenvalue weighted by Crippen LogP contribution is 2.32. The largest absolute Gasteiger partial charge is 0.496 e. The van der Waals surface area contributed by atoms with E-state index >= 15 is 0 Å². The number of carbonyl (C=O) groups is 4. The van der Waals surface area contributed by atoms with Crippen molar-refractivity contribution in [3.63, 3.8) is 0 Å². The van der Waals surface area contributed by atoms with Crippen LogP contribution in [0.1, 0.15) is 107 Å². The summed E-state index contributed by atoms with van der Waals surface area (Å²) >= 11 is 8.91. The van der Waals surface area contributed by atoms with E-state index in [1.165, 1.54) is 36.8 Å². The molecule has 0 unspecified atom stereocenters. The minimum Gasteiger partial charge on any atom is -0.496 e. The van der Waals surface area contributed by atoms with Gasteiger partial charge in [0.1, 0.15) is 29.8 Å². The lowest BCUT2D eigenvalue weighted by molar-refractivity contribution is -0.124. The van der Waals surface area contributed by atoms with Crippen LogP contribution in [0.25, 0.3) is 10.9 Å². The summed E-state index contributed by atoms with van der Waals surface area (Å²) in [5.41, 5.74) is 4.88. The third kappa shape index (κ3) is 19.1. The molecule has 4 amide bonds. The molecule has 8 rings (SSSR count). The number of amides is 4. The van der Waals surface area contributed by atoms with Crippen LogP contribution in [0.15, 0.2) is 119 Å². The molecule has 0 saturated carbocycles. The summed E-state index contributed by atoms with van der Waals surface area (Å²) in [5, 5.41) is 32.0. The Hall–Kier alpha value is -7.27. The Balaban J connectivity index is 0.000000282. The van der Waals surface area contributed by atoms with E-state index in [0.29, 0.717) is 86.7 Å². The van der Waals surface area contributed by atoms with Gasteiger partial charge in [0, 0.05) is 80.3 Å². The molecule has 1 saturated heterocycles. The molecule has 0 spiro atoms. The number of nitrogens with one attached hydrogen (secondary N) is 3. The zero-order chi connectivity index (χ0) is 61.0. The number of aliphatic hydroxyl groups excluding tert-OH is 1. The van der Waals surface area contributed by atoms with Gasteiger partial charge < -0.3 is 49.8 Å². The molecule has 1 fully saturated rings. The number of rotatable bonds is 26. The molecule has 1 aliphatic heterocycles. The Morgan fingerprint density at radius 2 is 1.54 bits per heavy atom. The van der Waals surface area contributed by atoms with Gasteiger partial charge >= 0.3 is 18.1 Å². The maximum absolute atomic E-state index is 14.4. The van der Waals surface area contributed by atoms with E-state index in [1.54, 1.807) is 57.8 Å². The van der Waals surface area contributed by atoms with Crippen LogP contribution in [-0.2, 0) is 46.7 Å². The van der Waals surface area contributed by atoms with Gasteiger partial charge in [-0.3, -0.25) is 19.5 Å². The number of benzene rings is 4. The predicted molar refractivity (Wildman–Crippen MR) is 329 cm³/mol. The van der Waals surface area contributed by atoms with Crippen LogP contribution in [-0.4, -0.2) is 130 Å². The summed E-state index contributed by atoms with van der Waals surface area (Å²) in [6, 6.07) is 25.8. The van der Waals surface area contributed by atoms with Crippen molar-refractivity contribution in [1.82, 2.24) is 40.3 Å². The van der Waals surface area contributed by atoms with E-state index in [9.17, 15) is 38.6 Å². The number of morpholine rings is 1. The average Bonchev–Trinajstić information content (AvgIpc) is 1.96.